The molecule has 1 aromatic heterocycles. The van der Waals surface area contributed by atoms with Crippen molar-refractivity contribution < 1.29 is 19.1 Å². The molecule has 0 fully saturated rings. The Morgan fingerprint density at radius 2 is 2.08 bits per heavy atom. The number of rotatable bonds is 2. The smallest absolute Gasteiger partial charge is 0.331 e. The number of carbonyl (C=O) groups excluding carboxylic acids is 1. The van der Waals surface area contributed by atoms with E-state index in [0.717, 1.165) is 11.6 Å². The number of aromatic amines is 1. The molecule has 2 aromatic carbocycles. The van der Waals surface area contributed by atoms with Crippen LogP contribution in [0.2, 0.25) is 0 Å². The van der Waals surface area contributed by atoms with E-state index in [9.17, 15) is 19.1 Å². The quantitative estimate of drug-likeness (QED) is 0.751. The van der Waals surface area contributed by atoms with Crippen LogP contribution < -0.4 is 0 Å². The van der Waals surface area contributed by atoms with Gasteiger partial charge in [0.1, 0.15) is 11.3 Å². The Morgan fingerprint density at radius 1 is 1.28 bits per heavy atom. The number of carboxylic acids is 1. The van der Waals surface area contributed by atoms with Crippen LogP contribution in [-0.4, -0.2) is 38.4 Å². The van der Waals surface area contributed by atoms with Crippen LogP contribution in [0.3, 0.4) is 0 Å². The van der Waals surface area contributed by atoms with Gasteiger partial charge in [0.25, 0.3) is 5.91 Å². The van der Waals surface area contributed by atoms with Gasteiger partial charge in [0.05, 0.1) is 17.4 Å². The van der Waals surface area contributed by atoms with E-state index in [-0.39, 0.29) is 12.1 Å². The van der Waals surface area contributed by atoms with Crippen molar-refractivity contribution in [2.45, 2.75) is 12.5 Å². The Kier molecular flexibility index (Phi) is 3.49. The zero-order chi connectivity index (χ0) is 17.6. The Balaban J connectivity index is 1.81. The fourth-order valence-electron chi connectivity index (χ4n) is 3.38. The number of carboxylic acid groups (broad SMARTS) is 1. The number of nitrogens with zero attached hydrogens (tertiary/aromatic N) is 2. The number of halogens is 1. The molecule has 0 radical (unpaired) electrons. The highest BCUT2D eigenvalue weighted by atomic mass is 19.1. The van der Waals surface area contributed by atoms with Gasteiger partial charge in [-0.15, -0.1) is 0 Å². The van der Waals surface area contributed by atoms with Gasteiger partial charge >= 0.3 is 5.97 Å². The normalized spacial score (nSPS) is 16.7. The van der Waals surface area contributed by atoms with Crippen molar-refractivity contribution >= 4 is 22.9 Å². The predicted octanol–water partition coefficient (Wildman–Crippen LogP) is 2.53. The number of amides is 1. The molecule has 1 amide bonds. The summed E-state index contributed by atoms with van der Waals surface area (Å²) in [5, 5.41) is 9.69. The van der Waals surface area contributed by atoms with Crippen molar-refractivity contribution in [1.82, 2.24) is 14.9 Å². The first-order chi connectivity index (χ1) is 12.1. The van der Waals surface area contributed by atoms with Crippen LogP contribution >= 0.6 is 0 Å². The van der Waals surface area contributed by atoms with Crippen molar-refractivity contribution in [1.29, 1.82) is 0 Å². The van der Waals surface area contributed by atoms with E-state index in [2.05, 4.69) is 9.97 Å². The molecule has 1 aliphatic rings. The van der Waals surface area contributed by atoms with Gasteiger partial charge in [-0.2, -0.15) is 0 Å². The Labute approximate surface area is 141 Å². The maximum Gasteiger partial charge on any atom is 0.331 e. The van der Waals surface area contributed by atoms with Crippen molar-refractivity contribution in [3.8, 4) is 0 Å². The van der Waals surface area contributed by atoms with Crippen LogP contribution in [0.25, 0.3) is 11.0 Å². The van der Waals surface area contributed by atoms with Crippen LogP contribution in [0.5, 0.6) is 0 Å². The summed E-state index contributed by atoms with van der Waals surface area (Å²) in [6.07, 6.45) is 1.92. The van der Waals surface area contributed by atoms with Gasteiger partial charge in [0.15, 0.2) is 6.04 Å². The van der Waals surface area contributed by atoms with Crippen LogP contribution in [0.1, 0.15) is 27.5 Å². The second-order valence-corrected chi connectivity index (χ2v) is 5.94. The summed E-state index contributed by atoms with van der Waals surface area (Å²) in [6.45, 7) is 0.245. The van der Waals surface area contributed by atoms with E-state index in [1.54, 1.807) is 12.1 Å². The largest absolute Gasteiger partial charge is 0.479 e. The third-order valence-corrected chi connectivity index (χ3v) is 4.50. The van der Waals surface area contributed by atoms with Crippen molar-refractivity contribution in [2.24, 2.45) is 0 Å². The SMILES string of the molecule is O=C(O)C1c2ccccc2CCN1C(=O)c1cc(F)cc2[nH]cnc12. The summed E-state index contributed by atoms with van der Waals surface area (Å²) in [6, 6.07) is 8.41. The highest BCUT2D eigenvalue weighted by molar-refractivity contribution is 6.06. The second-order valence-electron chi connectivity index (χ2n) is 5.94. The standard InChI is InChI=1S/C18H14FN3O3/c19-11-7-13(15-14(8-11)20-9-21-15)17(23)22-6-5-10-3-1-2-4-12(10)16(22)18(24)25/h1-4,7-9,16H,5-6H2,(H,20,21)(H,24,25). The minimum absolute atomic E-state index is 0.0573. The number of hydrogen-bond acceptors (Lipinski definition) is 3. The molecule has 0 saturated carbocycles. The highest BCUT2D eigenvalue weighted by Gasteiger charge is 2.36. The van der Waals surface area contributed by atoms with Crippen molar-refractivity contribution in [3.05, 3.63) is 65.2 Å². The van der Waals surface area contributed by atoms with Gasteiger partial charge in [0, 0.05) is 6.54 Å². The first kappa shape index (κ1) is 15.3. The van der Waals surface area contributed by atoms with Crippen molar-refractivity contribution in [2.75, 3.05) is 6.54 Å². The van der Waals surface area contributed by atoms with Crippen molar-refractivity contribution in [3.63, 3.8) is 0 Å². The third kappa shape index (κ3) is 2.44. The molecule has 0 aliphatic carbocycles. The van der Waals surface area contributed by atoms with E-state index in [1.165, 1.54) is 17.3 Å². The average Bonchev–Trinajstić information content (AvgIpc) is 3.07. The molecule has 6 nitrogen and oxygen atoms in total. The molecule has 126 valence electrons. The molecule has 3 aromatic rings. The molecule has 0 saturated heterocycles. The summed E-state index contributed by atoms with van der Waals surface area (Å²) in [5.74, 6) is -2.24. The topological polar surface area (TPSA) is 86.3 Å². The zero-order valence-corrected chi connectivity index (χ0v) is 13.1. The number of carbonyl (C=O) groups is 2. The number of hydrogen-bond donors (Lipinski definition) is 2. The van der Waals surface area contributed by atoms with Gasteiger partial charge in [0.2, 0.25) is 0 Å². The van der Waals surface area contributed by atoms with E-state index in [1.807, 2.05) is 12.1 Å². The summed E-state index contributed by atoms with van der Waals surface area (Å²) < 4.78 is 13.9. The van der Waals surface area contributed by atoms with Crippen LogP contribution in [0, 0.1) is 5.82 Å². The monoisotopic (exact) mass is 339 g/mol. The first-order valence-electron chi connectivity index (χ1n) is 7.80. The second kappa shape index (κ2) is 5.70. The van der Waals surface area contributed by atoms with E-state index in [4.69, 9.17) is 0 Å². The number of aliphatic carboxylic acids is 1. The number of H-pyrrole nitrogens is 1. The molecule has 1 aliphatic heterocycles. The number of benzene rings is 2. The lowest BCUT2D eigenvalue weighted by Gasteiger charge is -2.34. The Bertz CT molecular complexity index is 998. The lowest BCUT2D eigenvalue weighted by atomic mass is 9.92. The van der Waals surface area contributed by atoms with Gasteiger partial charge in [-0.25, -0.2) is 14.2 Å². The maximum absolute atomic E-state index is 13.9. The molecule has 7 heteroatoms. The van der Waals surface area contributed by atoms with E-state index in [0.29, 0.717) is 23.0 Å². The molecular weight excluding hydrogens is 325 g/mol. The number of fused-ring (bicyclic) bond motifs is 2. The van der Waals surface area contributed by atoms with Gasteiger partial charge in [-0.3, -0.25) is 4.79 Å². The van der Waals surface area contributed by atoms with Gasteiger partial charge in [-0.05, 0) is 29.7 Å². The van der Waals surface area contributed by atoms with E-state index >= 15 is 0 Å². The van der Waals surface area contributed by atoms with Gasteiger partial charge in [-0.1, -0.05) is 24.3 Å². The molecule has 25 heavy (non-hydrogen) atoms. The lowest BCUT2D eigenvalue weighted by molar-refractivity contribution is -0.143. The Hall–Kier alpha value is -3.22. The molecule has 0 spiro atoms. The molecule has 2 heterocycles. The molecule has 4 rings (SSSR count). The number of aromatic nitrogens is 2. The lowest BCUT2D eigenvalue weighted by Crippen LogP contribution is -2.43. The molecule has 1 atom stereocenters. The molecule has 2 N–H and O–H groups in total. The zero-order valence-electron chi connectivity index (χ0n) is 13.1. The highest BCUT2D eigenvalue weighted by Crippen LogP contribution is 2.32. The minimum Gasteiger partial charge on any atom is -0.479 e. The number of nitrogens with one attached hydrogen (secondary N) is 1. The summed E-state index contributed by atoms with van der Waals surface area (Å²) >= 11 is 0. The maximum atomic E-state index is 13.9. The fourth-order valence-corrected chi connectivity index (χ4v) is 3.38. The van der Waals surface area contributed by atoms with Crippen LogP contribution in [0.4, 0.5) is 4.39 Å². The Morgan fingerprint density at radius 3 is 2.88 bits per heavy atom. The third-order valence-electron chi connectivity index (χ3n) is 4.50. The van der Waals surface area contributed by atoms with Crippen LogP contribution in [-0.2, 0) is 11.2 Å². The van der Waals surface area contributed by atoms with Gasteiger partial charge < -0.3 is 15.0 Å². The average molecular weight is 339 g/mol. The molecular formula is C18H14FN3O3. The minimum atomic E-state index is -1.12. The first-order valence-corrected chi connectivity index (χ1v) is 7.80. The summed E-state index contributed by atoms with van der Waals surface area (Å²) in [7, 11) is 0. The predicted molar refractivity (Wildman–Crippen MR) is 87.6 cm³/mol. The van der Waals surface area contributed by atoms with Crippen LogP contribution in [0.15, 0.2) is 42.7 Å². The summed E-state index contributed by atoms with van der Waals surface area (Å²) in [5.41, 5.74) is 2.27. The summed E-state index contributed by atoms with van der Waals surface area (Å²) in [4.78, 5) is 33.0. The molecule has 0 bridgehead atoms. The number of imidazole rings is 1. The fraction of sp³-hybridized carbons (Fsp3) is 0.167. The van der Waals surface area contributed by atoms with E-state index < -0.39 is 23.7 Å². The molecule has 1 unspecified atom stereocenters.